The number of amides is 1. The third-order valence-corrected chi connectivity index (χ3v) is 6.55. The van der Waals surface area contributed by atoms with Crippen LogP contribution < -0.4 is 15.4 Å². The average molecular weight is 508 g/mol. The van der Waals surface area contributed by atoms with Crippen molar-refractivity contribution < 1.29 is 18.8 Å². The molecule has 0 aliphatic carbocycles. The van der Waals surface area contributed by atoms with Crippen molar-refractivity contribution in [1.82, 2.24) is 10.5 Å². The predicted molar refractivity (Wildman–Crippen MR) is 147 cm³/mol. The van der Waals surface area contributed by atoms with E-state index in [1.807, 2.05) is 48.5 Å². The van der Waals surface area contributed by atoms with Gasteiger partial charge in [0.25, 0.3) is 5.91 Å². The van der Waals surface area contributed by atoms with E-state index in [4.69, 9.17) is 9.26 Å². The van der Waals surface area contributed by atoms with Gasteiger partial charge in [-0.2, -0.15) is 0 Å². The van der Waals surface area contributed by atoms with Gasteiger partial charge in [0.15, 0.2) is 5.78 Å². The first-order valence-electron chi connectivity index (χ1n) is 12.4. The lowest BCUT2D eigenvalue weighted by atomic mass is 9.85. The van der Waals surface area contributed by atoms with Crippen molar-refractivity contribution in [3.8, 4) is 17.0 Å². The summed E-state index contributed by atoms with van der Waals surface area (Å²) in [5.74, 6) is 0.697. The minimum absolute atomic E-state index is 0.141. The summed E-state index contributed by atoms with van der Waals surface area (Å²) >= 11 is 0. The van der Waals surface area contributed by atoms with Gasteiger partial charge in [0.2, 0.25) is 0 Å². The first-order chi connectivity index (χ1) is 18.2. The third kappa shape index (κ3) is 5.09. The maximum atomic E-state index is 13.2. The Morgan fingerprint density at radius 2 is 1.79 bits per heavy atom. The smallest absolute Gasteiger partial charge is 0.261 e. The van der Waals surface area contributed by atoms with Crippen LogP contribution in [0, 0.1) is 6.92 Å². The van der Waals surface area contributed by atoms with E-state index >= 15 is 0 Å². The molecule has 0 saturated heterocycles. The highest BCUT2D eigenvalue weighted by molar-refractivity contribution is 6.10. The van der Waals surface area contributed by atoms with Crippen molar-refractivity contribution in [2.24, 2.45) is 0 Å². The van der Waals surface area contributed by atoms with Gasteiger partial charge in [0.05, 0.1) is 7.11 Å². The standard InChI is InChI=1S/C31H29N3O4/c1-19-28(29(34-38-19)21-8-6-5-7-9-21)30(36)32-23-13-10-20(11-14-23)27(35)17-26-25-16-24(37-4)15-12-22(25)18-31(2,3)33-26/h5-17,33H,18H2,1-4H3,(H,32,36)/b26-17-. The summed E-state index contributed by atoms with van der Waals surface area (Å²) in [6.07, 6.45) is 2.46. The number of hydrogen-bond donors (Lipinski definition) is 2. The fourth-order valence-corrected chi connectivity index (χ4v) is 4.71. The Kier molecular flexibility index (Phi) is 6.59. The van der Waals surface area contributed by atoms with Crippen molar-refractivity contribution in [2.75, 3.05) is 12.4 Å². The molecule has 0 fully saturated rings. The normalized spacial score (nSPS) is 14.9. The largest absolute Gasteiger partial charge is 0.497 e. The van der Waals surface area contributed by atoms with E-state index in [1.54, 1.807) is 44.4 Å². The van der Waals surface area contributed by atoms with Crippen LogP contribution in [0.25, 0.3) is 17.0 Å². The molecular formula is C31H29N3O4. The molecule has 5 rings (SSSR count). The number of fused-ring (bicyclic) bond motifs is 1. The number of carbonyl (C=O) groups excluding carboxylic acids is 2. The van der Waals surface area contributed by atoms with Crippen molar-refractivity contribution >= 4 is 23.1 Å². The number of ether oxygens (including phenoxy) is 1. The Balaban J connectivity index is 1.36. The van der Waals surface area contributed by atoms with Gasteiger partial charge in [0, 0.05) is 39.7 Å². The van der Waals surface area contributed by atoms with Gasteiger partial charge in [-0.3, -0.25) is 9.59 Å². The highest BCUT2D eigenvalue weighted by Crippen LogP contribution is 2.32. The average Bonchev–Trinajstić information content (AvgIpc) is 3.30. The molecule has 3 aromatic carbocycles. The number of hydrogen-bond acceptors (Lipinski definition) is 6. The summed E-state index contributed by atoms with van der Waals surface area (Å²) < 4.78 is 10.7. The lowest BCUT2D eigenvalue weighted by molar-refractivity contribution is 0.102. The Hall–Kier alpha value is -4.65. The molecule has 0 atom stereocenters. The number of ketones is 1. The second-order valence-electron chi connectivity index (χ2n) is 9.99. The van der Waals surface area contributed by atoms with Gasteiger partial charge >= 0.3 is 0 Å². The summed E-state index contributed by atoms with van der Waals surface area (Å²) in [5, 5.41) is 10.5. The van der Waals surface area contributed by atoms with E-state index in [-0.39, 0.29) is 17.2 Å². The van der Waals surface area contributed by atoms with Crippen LogP contribution in [0.5, 0.6) is 5.75 Å². The van der Waals surface area contributed by atoms with Gasteiger partial charge in [-0.15, -0.1) is 0 Å². The van der Waals surface area contributed by atoms with Gasteiger partial charge < -0.3 is 19.9 Å². The van der Waals surface area contributed by atoms with E-state index in [2.05, 4.69) is 29.6 Å². The molecule has 0 saturated carbocycles. The number of allylic oxidation sites excluding steroid dienone is 1. The minimum Gasteiger partial charge on any atom is -0.497 e. The molecule has 38 heavy (non-hydrogen) atoms. The van der Waals surface area contributed by atoms with E-state index in [0.717, 1.165) is 34.6 Å². The minimum atomic E-state index is -0.331. The maximum Gasteiger partial charge on any atom is 0.261 e. The molecule has 1 amide bonds. The molecule has 0 unspecified atom stereocenters. The highest BCUT2D eigenvalue weighted by Gasteiger charge is 2.28. The fourth-order valence-electron chi connectivity index (χ4n) is 4.71. The van der Waals surface area contributed by atoms with E-state index in [0.29, 0.717) is 28.3 Å². The van der Waals surface area contributed by atoms with E-state index in [9.17, 15) is 9.59 Å². The summed E-state index contributed by atoms with van der Waals surface area (Å²) in [4.78, 5) is 26.3. The molecule has 2 N–H and O–H groups in total. The lowest BCUT2D eigenvalue weighted by Crippen LogP contribution is -2.43. The summed E-state index contributed by atoms with van der Waals surface area (Å²) in [6, 6.07) is 22.2. The molecular weight excluding hydrogens is 478 g/mol. The molecule has 0 spiro atoms. The molecule has 2 heterocycles. The van der Waals surface area contributed by atoms with Gasteiger partial charge in [-0.05, 0) is 69.2 Å². The number of aromatic nitrogens is 1. The Morgan fingerprint density at radius 1 is 1.05 bits per heavy atom. The molecule has 192 valence electrons. The number of anilines is 1. The molecule has 1 aromatic heterocycles. The molecule has 7 nitrogen and oxygen atoms in total. The first-order valence-corrected chi connectivity index (χ1v) is 12.4. The van der Waals surface area contributed by atoms with Gasteiger partial charge in [-0.1, -0.05) is 41.6 Å². The monoisotopic (exact) mass is 507 g/mol. The maximum absolute atomic E-state index is 13.2. The van der Waals surface area contributed by atoms with Crippen molar-refractivity contribution in [3.05, 3.63) is 107 Å². The van der Waals surface area contributed by atoms with Crippen LogP contribution in [0.1, 0.15) is 51.5 Å². The van der Waals surface area contributed by atoms with E-state index < -0.39 is 0 Å². The molecule has 0 radical (unpaired) electrons. The quantitative estimate of drug-likeness (QED) is 0.243. The van der Waals surface area contributed by atoms with Crippen molar-refractivity contribution in [3.63, 3.8) is 0 Å². The Labute approximate surface area is 221 Å². The number of benzene rings is 3. The van der Waals surface area contributed by atoms with Crippen LogP contribution in [0.3, 0.4) is 0 Å². The summed E-state index contributed by atoms with van der Waals surface area (Å²) in [7, 11) is 1.63. The van der Waals surface area contributed by atoms with Crippen LogP contribution >= 0.6 is 0 Å². The van der Waals surface area contributed by atoms with Crippen LogP contribution in [-0.2, 0) is 6.42 Å². The zero-order valence-corrected chi connectivity index (χ0v) is 21.8. The first kappa shape index (κ1) is 25.0. The molecule has 1 aliphatic heterocycles. The highest BCUT2D eigenvalue weighted by atomic mass is 16.5. The molecule has 1 aliphatic rings. The lowest BCUT2D eigenvalue weighted by Gasteiger charge is -2.35. The zero-order chi connectivity index (χ0) is 26.9. The number of carbonyl (C=O) groups is 2. The topological polar surface area (TPSA) is 93.5 Å². The predicted octanol–water partition coefficient (Wildman–Crippen LogP) is 6.06. The third-order valence-electron chi connectivity index (χ3n) is 6.55. The molecule has 7 heteroatoms. The van der Waals surface area contributed by atoms with Crippen molar-refractivity contribution in [2.45, 2.75) is 32.7 Å². The second kappa shape index (κ2) is 10.0. The number of nitrogens with one attached hydrogen (secondary N) is 2. The zero-order valence-electron chi connectivity index (χ0n) is 21.8. The van der Waals surface area contributed by atoms with Crippen LogP contribution in [0.15, 0.2) is 83.4 Å². The summed E-state index contributed by atoms with van der Waals surface area (Å²) in [6.45, 7) is 5.92. The number of aryl methyl sites for hydroxylation is 1. The van der Waals surface area contributed by atoms with Crippen LogP contribution in [0.4, 0.5) is 5.69 Å². The fraction of sp³-hybridized carbons (Fsp3) is 0.194. The summed E-state index contributed by atoms with van der Waals surface area (Å²) in [5.41, 5.74) is 5.41. The number of methoxy groups -OCH3 is 1. The Bertz CT molecular complexity index is 1530. The number of nitrogens with zero attached hydrogens (tertiary/aromatic N) is 1. The molecule has 0 bridgehead atoms. The van der Waals surface area contributed by atoms with Crippen LogP contribution in [-0.4, -0.2) is 29.5 Å². The Morgan fingerprint density at radius 3 is 2.50 bits per heavy atom. The molecule has 4 aromatic rings. The van der Waals surface area contributed by atoms with Gasteiger partial charge in [0.1, 0.15) is 22.8 Å². The van der Waals surface area contributed by atoms with Gasteiger partial charge in [-0.25, -0.2) is 0 Å². The van der Waals surface area contributed by atoms with E-state index in [1.165, 1.54) is 0 Å². The SMILES string of the molecule is COc1ccc2c(c1)/C(=C/C(=O)c1ccc(NC(=O)c3c(-c4ccccc4)noc3C)cc1)NC(C)(C)C2. The van der Waals surface area contributed by atoms with Crippen molar-refractivity contribution in [1.29, 1.82) is 0 Å². The van der Waals surface area contributed by atoms with Crippen LogP contribution in [0.2, 0.25) is 0 Å². The second-order valence-corrected chi connectivity index (χ2v) is 9.99. The number of rotatable bonds is 6.